The minimum Gasteiger partial charge on any atom is -0.481 e. The third kappa shape index (κ3) is 5.50. The van der Waals surface area contributed by atoms with Gasteiger partial charge in [-0.1, -0.05) is 48.9 Å². The van der Waals surface area contributed by atoms with Gasteiger partial charge < -0.3 is 10.0 Å². The summed E-state index contributed by atoms with van der Waals surface area (Å²) in [6, 6.07) is 8.44. The highest BCUT2D eigenvalue weighted by molar-refractivity contribution is 7.21. The van der Waals surface area contributed by atoms with Crippen LogP contribution < -0.4 is 4.90 Å². The number of piperazine rings is 1. The van der Waals surface area contributed by atoms with Crippen molar-refractivity contribution in [2.24, 2.45) is 5.92 Å². The standard InChI is InChI=1S/C24H27F3N4O2S/c1-14(2)19-13-30(12-17-9-15(3)8-16(10-17)11-21(32)33)6-7-31(19)23-28-18-4-5-20(24(25,26)27)29-22(18)34-23/h4-5,8-10,14,19H,6-7,11-13H2,1-3H3,(H,32,33). The van der Waals surface area contributed by atoms with Gasteiger partial charge in [-0.25, -0.2) is 9.97 Å². The molecule has 2 aromatic heterocycles. The number of fused-ring (bicyclic) bond motifs is 1. The Morgan fingerprint density at radius 1 is 1.18 bits per heavy atom. The van der Waals surface area contributed by atoms with Gasteiger partial charge >= 0.3 is 12.1 Å². The van der Waals surface area contributed by atoms with E-state index >= 15 is 0 Å². The van der Waals surface area contributed by atoms with E-state index in [1.54, 1.807) is 0 Å². The van der Waals surface area contributed by atoms with E-state index in [4.69, 9.17) is 5.11 Å². The molecule has 6 nitrogen and oxygen atoms in total. The molecule has 1 saturated heterocycles. The second kappa shape index (κ2) is 9.50. The average molecular weight is 493 g/mol. The molecular weight excluding hydrogens is 465 g/mol. The third-order valence-corrected chi connectivity index (χ3v) is 7.01. The van der Waals surface area contributed by atoms with E-state index in [9.17, 15) is 18.0 Å². The lowest BCUT2D eigenvalue weighted by Crippen LogP contribution is -2.55. The topological polar surface area (TPSA) is 69.6 Å². The van der Waals surface area contributed by atoms with Crippen molar-refractivity contribution in [2.75, 3.05) is 24.5 Å². The Labute approximate surface area is 200 Å². The number of benzene rings is 1. The van der Waals surface area contributed by atoms with Crippen LogP contribution in [0.5, 0.6) is 0 Å². The summed E-state index contributed by atoms with van der Waals surface area (Å²) in [6.45, 7) is 9.18. The van der Waals surface area contributed by atoms with Crippen molar-refractivity contribution in [3.63, 3.8) is 0 Å². The van der Waals surface area contributed by atoms with Crippen LogP contribution in [0.25, 0.3) is 10.3 Å². The Kier molecular flexibility index (Phi) is 6.82. The van der Waals surface area contributed by atoms with Gasteiger partial charge in [0.2, 0.25) is 0 Å². The van der Waals surface area contributed by atoms with Crippen LogP contribution in [0.1, 0.15) is 36.2 Å². The second-order valence-electron chi connectivity index (χ2n) is 9.15. The van der Waals surface area contributed by atoms with E-state index in [0.29, 0.717) is 34.5 Å². The molecule has 1 aliphatic rings. The van der Waals surface area contributed by atoms with Gasteiger partial charge in [0, 0.05) is 32.2 Å². The number of carbonyl (C=O) groups is 1. The van der Waals surface area contributed by atoms with E-state index in [2.05, 4.69) is 39.7 Å². The van der Waals surface area contributed by atoms with E-state index in [0.717, 1.165) is 35.8 Å². The van der Waals surface area contributed by atoms with Crippen LogP contribution in [0.4, 0.5) is 18.3 Å². The molecule has 0 saturated carbocycles. The zero-order chi connectivity index (χ0) is 24.6. The predicted molar refractivity (Wildman–Crippen MR) is 126 cm³/mol. The number of halogens is 3. The fourth-order valence-electron chi connectivity index (χ4n) is 4.48. The molecule has 0 radical (unpaired) electrons. The quantitative estimate of drug-likeness (QED) is 0.523. The van der Waals surface area contributed by atoms with Crippen LogP contribution in [0.3, 0.4) is 0 Å². The number of aliphatic carboxylic acids is 1. The molecule has 0 aliphatic carbocycles. The largest absolute Gasteiger partial charge is 0.481 e. The summed E-state index contributed by atoms with van der Waals surface area (Å²) >= 11 is 1.20. The van der Waals surface area contributed by atoms with Crippen LogP contribution in [0.15, 0.2) is 30.3 Å². The number of rotatable bonds is 6. The van der Waals surface area contributed by atoms with Crippen LogP contribution in [-0.2, 0) is 23.9 Å². The molecule has 1 aromatic carbocycles. The lowest BCUT2D eigenvalue weighted by Gasteiger charge is -2.43. The highest BCUT2D eigenvalue weighted by Gasteiger charge is 2.34. The van der Waals surface area contributed by atoms with E-state index in [1.165, 1.54) is 17.4 Å². The Morgan fingerprint density at radius 2 is 1.91 bits per heavy atom. The lowest BCUT2D eigenvalue weighted by atomic mass is 9.99. The fraction of sp³-hybridized carbons (Fsp3) is 0.458. The third-order valence-electron chi connectivity index (χ3n) is 6.01. The van der Waals surface area contributed by atoms with Gasteiger partial charge in [-0.3, -0.25) is 9.69 Å². The normalized spacial score (nSPS) is 17.6. The Hall–Kier alpha value is -2.72. The van der Waals surface area contributed by atoms with E-state index < -0.39 is 17.8 Å². The first-order chi connectivity index (χ1) is 16.0. The summed E-state index contributed by atoms with van der Waals surface area (Å²) in [5.41, 5.74) is 2.48. The first kappa shape index (κ1) is 24.4. The van der Waals surface area contributed by atoms with Gasteiger partial charge in [0.25, 0.3) is 0 Å². The van der Waals surface area contributed by atoms with Crippen molar-refractivity contribution in [3.05, 3.63) is 52.7 Å². The van der Waals surface area contributed by atoms with E-state index in [1.807, 2.05) is 19.1 Å². The summed E-state index contributed by atoms with van der Waals surface area (Å²) in [6.07, 6.45) is -4.48. The summed E-state index contributed by atoms with van der Waals surface area (Å²) < 4.78 is 39.2. The van der Waals surface area contributed by atoms with Crippen LogP contribution in [-0.4, -0.2) is 51.6 Å². The molecule has 1 N–H and O–H groups in total. The van der Waals surface area contributed by atoms with E-state index in [-0.39, 0.29) is 12.5 Å². The number of pyridine rings is 1. The molecule has 4 rings (SSSR count). The Morgan fingerprint density at radius 3 is 2.59 bits per heavy atom. The van der Waals surface area contributed by atoms with Crippen molar-refractivity contribution in [2.45, 2.75) is 46.0 Å². The van der Waals surface area contributed by atoms with Gasteiger partial charge in [0.05, 0.1) is 6.42 Å². The molecular formula is C24H27F3N4O2S. The minimum absolute atomic E-state index is 0.00122. The molecule has 3 aromatic rings. The number of hydrogen-bond donors (Lipinski definition) is 1. The van der Waals surface area contributed by atoms with Gasteiger partial charge in [0.15, 0.2) is 5.13 Å². The van der Waals surface area contributed by atoms with Crippen LogP contribution in [0, 0.1) is 12.8 Å². The molecule has 0 bridgehead atoms. The number of anilines is 1. The second-order valence-corrected chi connectivity index (χ2v) is 10.1. The maximum absolute atomic E-state index is 13.1. The number of carboxylic acids is 1. The molecule has 0 amide bonds. The summed E-state index contributed by atoms with van der Waals surface area (Å²) in [5.74, 6) is -0.550. The van der Waals surface area contributed by atoms with Crippen LogP contribution >= 0.6 is 11.3 Å². The highest BCUT2D eigenvalue weighted by atomic mass is 32.1. The fourth-order valence-corrected chi connectivity index (χ4v) is 5.50. The van der Waals surface area contributed by atoms with Gasteiger partial charge in [-0.15, -0.1) is 0 Å². The molecule has 34 heavy (non-hydrogen) atoms. The molecule has 10 heteroatoms. The number of carboxylic acid groups (broad SMARTS) is 1. The molecule has 1 fully saturated rings. The van der Waals surface area contributed by atoms with Crippen LogP contribution in [0.2, 0.25) is 0 Å². The summed E-state index contributed by atoms with van der Waals surface area (Å²) in [7, 11) is 0. The maximum atomic E-state index is 13.1. The minimum atomic E-state index is -4.48. The van der Waals surface area contributed by atoms with Crippen molar-refractivity contribution in [1.82, 2.24) is 14.9 Å². The molecule has 1 unspecified atom stereocenters. The van der Waals surface area contributed by atoms with Crippen molar-refractivity contribution >= 4 is 32.8 Å². The van der Waals surface area contributed by atoms with Crippen molar-refractivity contribution in [1.29, 1.82) is 0 Å². The number of aryl methyl sites for hydroxylation is 1. The zero-order valence-electron chi connectivity index (χ0n) is 19.3. The smallest absolute Gasteiger partial charge is 0.433 e. The number of thiazole rings is 1. The highest BCUT2D eigenvalue weighted by Crippen LogP contribution is 2.35. The van der Waals surface area contributed by atoms with Gasteiger partial charge in [-0.05, 0) is 36.1 Å². The predicted octanol–water partition coefficient (Wildman–Crippen LogP) is 4.99. The number of nitrogens with zero attached hydrogens (tertiary/aromatic N) is 4. The molecule has 0 spiro atoms. The monoisotopic (exact) mass is 492 g/mol. The number of alkyl halides is 3. The molecule has 182 valence electrons. The van der Waals surface area contributed by atoms with Crippen molar-refractivity contribution in [3.8, 4) is 0 Å². The SMILES string of the molecule is Cc1cc(CC(=O)O)cc(CN2CCN(c3nc4ccc(C(F)(F)F)nc4s3)C(C(C)C)C2)c1. The molecule has 1 aliphatic heterocycles. The zero-order valence-corrected chi connectivity index (χ0v) is 20.1. The molecule has 3 heterocycles. The Bertz CT molecular complexity index is 1190. The lowest BCUT2D eigenvalue weighted by molar-refractivity contribution is -0.141. The average Bonchev–Trinajstić information content (AvgIpc) is 3.15. The van der Waals surface area contributed by atoms with Gasteiger partial charge in [0.1, 0.15) is 16.0 Å². The summed E-state index contributed by atoms with van der Waals surface area (Å²) in [5, 5.41) is 9.82. The summed E-state index contributed by atoms with van der Waals surface area (Å²) in [4.78, 5) is 24.3. The van der Waals surface area contributed by atoms with Gasteiger partial charge in [-0.2, -0.15) is 13.2 Å². The Balaban J connectivity index is 1.53. The molecule has 1 atom stereocenters. The maximum Gasteiger partial charge on any atom is 0.433 e. The number of aromatic nitrogens is 2. The number of hydrogen-bond acceptors (Lipinski definition) is 6. The first-order valence-corrected chi connectivity index (χ1v) is 12.0. The first-order valence-electron chi connectivity index (χ1n) is 11.1. The van der Waals surface area contributed by atoms with Crippen molar-refractivity contribution < 1.29 is 23.1 Å².